The first kappa shape index (κ1) is 10.9. The van der Waals surface area contributed by atoms with Crippen LogP contribution in [-0.4, -0.2) is 23.6 Å². The molecule has 0 radical (unpaired) electrons. The first-order valence-electron chi connectivity index (χ1n) is 4.54. The minimum Gasteiger partial charge on any atom is -0.392 e. The number of benzene rings is 1. The number of hydrogen-bond acceptors (Lipinski definition) is 3. The van der Waals surface area contributed by atoms with Crippen molar-refractivity contribution in [2.45, 2.75) is 16.8 Å². The van der Waals surface area contributed by atoms with E-state index in [0.29, 0.717) is 18.8 Å². The van der Waals surface area contributed by atoms with Gasteiger partial charge < -0.3 is 9.84 Å². The molecule has 5 heteroatoms. The third-order valence-electron chi connectivity index (χ3n) is 2.19. The van der Waals surface area contributed by atoms with E-state index in [2.05, 4.69) is 0 Å². The second-order valence-corrected chi connectivity index (χ2v) is 4.60. The molecule has 0 bridgehead atoms. The van der Waals surface area contributed by atoms with Gasteiger partial charge in [0.2, 0.25) is 0 Å². The minimum atomic E-state index is -0.880. The van der Waals surface area contributed by atoms with Gasteiger partial charge in [-0.25, -0.2) is 8.78 Å². The van der Waals surface area contributed by atoms with Gasteiger partial charge in [-0.1, -0.05) is 6.07 Å². The van der Waals surface area contributed by atoms with Crippen molar-refractivity contribution in [3.63, 3.8) is 0 Å². The van der Waals surface area contributed by atoms with Crippen molar-refractivity contribution in [1.82, 2.24) is 0 Å². The van der Waals surface area contributed by atoms with Crippen LogP contribution in [0.25, 0.3) is 0 Å². The van der Waals surface area contributed by atoms with Gasteiger partial charge in [0, 0.05) is 0 Å². The van der Waals surface area contributed by atoms with Gasteiger partial charge in [-0.05, 0) is 11.6 Å². The molecule has 1 heterocycles. The number of ether oxygens (including phenoxy) is 1. The number of thioether (sulfide) groups is 1. The molecule has 2 nitrogen and oxygen atoms in total. The fourth-order valence-corrected chi connectivity index (χ4v) is 2.42. The molecule has 0 atom stereocenters. The van der Waals surface area contributed by atoms with Crippen LogP contribution >= 0.6 is 11.8 Å². The standard InChI is InChI=1S/C10H10F2O2S/c11-8-2-1-6(3-13)10(9(8)12)15-7-4-14-5-7/h1-2,7,13H,3-5H2. The fraction of sp³-hybridized carbons (Fsp3) is 0.400. The van der Waals surface area contributed by atoms with Gasteiger partial charge in [0.25, 0.3) is 0 Å². The zero-order valence-electron chi connectivity index (χ0n) is 7.87. The van der Waals surface area contributed by atoms with Crippen LogP contribution in [0.3, 0.4) is 0 Å². The molecule has 15 heavy (non-hydrogen) atoms. The maximum Gasteiger partial charge on any atom is 0.172 e. The van der Waals surface area contributed by atoms with E-state index < -0.39 is 11.6 Å². The Kier molecular flexibility index (Phi) is 3.23. The van der Waals surface area contributed by atoms with Crippen LogP contribution in [0.5, 0.6) is 0 Å². The van der Waals surface area contributed by atoms with Crippen LogP contribution in [0, 0.1) is 11.6 Å². The smallest absolute Gasteiger partial charge is 0.172 e. The first-order chi connectivity index (χ1) is 7.22. The maximum atomic E-state index is 13.4. The van der Waals surface area contributed by atoms with Crippen molar-refractivity contribution in [1.29, 1.82) is 0 Å². The fourth-order valence-electron chi connectivity index (χ4n) is 1.27. The molecule has 1 aliphatic rings. The maximum absolute atomic E-state index is 13.4. The van der Waals surface area contributed by atoms with Gasteiger partial charge in [-0.15, -0.1) is 11.8 Å². The second-order valence-electron chi connectivity index (χ2n) is 3.29. The normalized spacial score (nSPS) is 16.5. The molecule has 1 aliphatic heterocycles. The minimum absolute atomic E-state index is 0.159. The van der Waals surface area contributed by atoms with Crippen LogP contribution in [0.1, 0.15) is 5.56 Å². The molecule has 0 aliphatic carbocycles. The van der Waals surface area contributed by atoms with E-state index in [1.807, 2.05) is 0 Å². The second kappa shape index (κ2) is 4.47. The Hall–Kier alpha value is -0.650. The summed E-state index contributed by atoms with van der Waals surface area (Å²) in [5, 5.41) is 9.16. The molecule has 1 saturated heterocycles. The lowest BCUT2D eigenvalue weighted by Crippen LogP contribution is -2.30. The van der Waals surface area contributed by atoms with E-state index in [9.17, 15) is 8.78 Å². The van der Waals surface area contributed by atoms with Crippen LogP contribution in [0.15, 0.2) is 17.0 Å². The topological polar surface area (TPSA) is 29.5 Å². The largest absolute Gasteiger partial charge is 0.392 e. The zero-order chi connectivity index (χ0) is 10.8. The predicted octanol–water partition coefficient (Wildman–Crippen LogP) is 1.95. The Morgan fingerprint density at radius 1 is 1.40 bits per heavy atom. The van der Waals surface area contributed by atoms with Gasteiger partial charge >= 0.3 is 0 Å². The number of aliphatic hydroxyl groups excluding tert-OH is 1. The van der Waals surface area contributed by atoms with Gasteiger partial charge in [-0.3, -0.25) is 0 Å². The summed E-state index contributed by atoms with van der Waals surface area (Å²) in [6.07, 6.45) is 0. The summed E-state index contributed by atoms with van der Waals surface area (Å²) in [4.78, 5) is 0.200. The molecule has 0 unspecified atom stereocenters. The van der Waals surface area contributed by atoms with E-state index in [1.54, 1.807) is 0 Å². The average molecular weight is 232 g/mol. The third kappa shape index (κ3) is 2.14. The first-order valence-corrected chi connectivity index (χ1v) is 5.42. The number of halogens is 2. The lowest BCUT2D eigenvalue weighted by molar-refractivity contribution is 0.0454. The Bertz CT molecular complexity index is 367. The van der Waals surface area contributed by atoms with Crippen molar-refractivity contribution in [3.05, 3.63) is 29.3 Å². The molecular weight excluding hydrogens is 222 g/mol. The highest BCUT2D eigenvalue weighted by Crippen LogP contribution is 2.33. The van der Waals surface area contributed by atoms with E-state index in [4.69, 9.17) is 9.84 Å². The highest BCUT2D eigenvalue weighted by Gasteiger charge is 2.23. The molecule has 82 valence electrons. The highest BCUT2D eigenvalue weighted by molar-refractivity contribution is 8.00. The molecule has 2 rings (SSSR count). The summed E-state index contributed by atoms with van der Waals surface area (Å²) >= 11 is 1.22. The van der Waals surface area contributed by atoms with E-state index in [1.165, 1.54) is 17.8 Å². The molecule has 0 spiro atoms. The molecule has 0 amide bonds. The SMILES string of the molecule is OCc1ccc(F)c(F)c1SC1COC1. The number of aliphatic hydroxyl groups is 1. The molecule has 1 aromatic carbocycles. The predicted molar refractivity (Wildman–Crippen MR) is 52.7 cm³/mol. The Labute approximate surface area is 90.2 Å². The molecule has 0 aromatic heterocycles. The van der Waals surface area contributed by atoms with E-state index >= 15 is 0 Å². The van der Waals surface area contributed by atoms with Crippen LogP contribution in [-0.2, 0) is 11.3 Å². The quantitative estimate of drug-likeness (QED) is 0.863. The van der Waals surface area contributed by atoms with Crippen molar-refractivity contribution in [2.24, 2.45) is 0 Å². The summed E-state index contributed by atoms with van der Waals surface area (Å²) in [5.41, 5.74) is 0.422. The highest BCUT2D eigenvalue weighted by atomic mass is 32.2. The summed E-state index contributed by atoms with van der Waals surface area (Å²) in [6.45, 7) is 0.810. The molecule has 1 fully saturated rings. The summed E-state index contributed by atoms with van der Waals surface area (Å²) in [6, 6.07) is 2.43. The van der Waals surface area contributed by atoms with Gasteiger partial charge in [-0.2, -0.15) is 0 Å². The molecule has 1 N–H and O–H groups in total. The third-order valence-corrected chi connectivity index (χ3v) is 3.48. The molecular formula is C10H10F2O2S. The van der Waals surface area contributed by atoms with Crippen LogP contribution < -0.4 is 0 Å². The van der Waals surface area contributed by atoms with Crippen LogP contribution in [0.2, 0.25) is 0 Å². The summed E-state index contributed by atoms with van der Waals surface area (Å²) in [7, 11) is 0. The van der Waals surface area contributed by atoms with Crippen LogP contribution in [0.4, 0.5) is 8.78 Å². The van der Waals surface area contributed by atoms with Gasteiger partial charge in [0.15, 0.2) is 11.6 Å². The summed E-state index contributed by atoms with van der Waals surface area (Å²) < 4.78 is 31.3. The molecule has 1 aromatic rings. The zero-order valence-corrected chi connectivity index (χ0v) is 8.69. The van der Waals surface area contributed by atoms with Crippen molar-refractivity contribution in [3.8, 4) is 0 Å². The Morgan fingerprint density at radius 3 is 2.67 bits per heavy atom. The van der Waals surface area contributed by atoms with Gasteiger partial charge in [0.05, 0.1) is 30.0 Å². The molecule has 0 saturated carbocycles. The van der Waals surface area contributed by atoms with Crippen molar-refractivity contribution >= 4 is 11.8 Å². The number of rotatable bonds is 3. The lowest BCUT2D eigenvalue weighted by atomic mass is 10.2. The summed E-state index contributed by atoms with van der Waals surface area (Å²) in [5.74, 6) is -1.76. The Balaban J connectivity index is 2.28. The van der Waals surface area contributed by atoms with Crippen molar-refractivity contribution in [2.75, 3.05) is 13.2 Å². The number of hydrogen-bond donors (Lipinski definition) is 1. The average Bonchev–Trinajstić information content (AvgIpc) is 2.17. The van der Waals surface area contributed by atoms with Gasteiger partial charge in [0.1, 0.15) is 0 Å². The lowest BCUT2D eigenvalue weighted by Gasteiger charge is -2.26. The van der Waals surface area contributed by atoms with E-state index in [-0.39, 0.29) is 16.8 Å². The monoisotopic (exact) mass is 232 g/mol. The van der Waals surface area contributed by atoms with E-state index in [0.717, 1.165) is 6.07 Å². The Morgan fingerprint density at radius 2 is 2.13 bits per heavy atom. The van der Waals surface area contributed by atoms with Crippen molar-refractivity contribution < 1.29 is 18.6 Å².